The fourth-order valence-electron chi connectivity index (χ4n) is 1.21. The van der Waals surface area contributed by atoms with Crippen molar-refractivity contribution >= 4 is 6.09 Å². The zero-order valence-corrected chi connectivity index (χ0v) is 7.26. The highest BCUT2D eigenvalue weighted by molar-refractivity contribution is 5.69. The number of nitrogens with one attached hydrogen (secondary N) is 2. The van der Waals surface area contributed by atoms with E-state index in [1.54, 1.807) is 0 Å². The van der Waals surface area contributed by atoms with E-state index in [4.69, 9.17) is 0 Å². The van der Waals surface area contributed by atoms with E-state index in [9.17, 15) is 18.0 Å². The van der Waals surface area contributed by atoms with Gasteiger partial charge in [0.15, 0.2) is 5.69 Å². The zero-order valence-electron chi connectivity index (χ0n) is 7.26. The van der Waals surface area contributed by atoms with Crippen molar-refractivity contribution in [2.24, 2.45) is 0 Å². The number of ether oxygens (including phenoxy) is 1. The summed E-state index contributed by atoms with van der Waals surface area (Å²) in [6.45, 7) is -0.00166. The number of carbonyl (C=O) groups excluding carboxylic acids is 1. The number of aromatic amines is 1. The van der Waals surface area contributed by atoms with Crippen LogP contribution in [0.3, 0.4) is 0 Å². The predicted octanol–water partition coefficient (Wildman–Crippen LogP) is 1.21. The summed E-state index contributed by atoms with van der Waals surface area (Å²) in [6.07, 6.45) is -5.14. The third-order valence-corrected chi connectivity index (χ3v) is 1.94. The number of alkyl carbamates (subject to hydrolysis) is 1. The Labute approximate surface area is 81.6 Å². The number of alkyl halides is 3. The van der Waals surface area contributed by atoms with Crippen LogP contribution in [0.4, 0.5) is 18.0 Å². The van der Waals surface area contributed by atoms with E-state index in [2.05, 4.69) is 20.3 Å². The van der Waals surface area contributed by atoms with Crippen molar-refractivity contribution in [1.82, 2.24) is 15.5 Å². The topological polar surface area (TPSA) is 67.0 Å². The Hall–Kier alpha value is -1.73. The maximum absolute atomic E-state index is 12.2. The fourth-order valence-corrected chi connectivity index (χ4v) is 1.21. The third kappa shape index (κ3) is 1.88. The lowest BCUT2D eigenvalue weighted by molar-refractivity contribution is -0.141. The summed E-state index contributed by atoms with van der Waals surface area (Å²) in [5.74, 6) is 0. The Morgan fingerprint density at radius 3 is 2.73 bits per heavy atom. The molecule has 1 aromatic rings. The average Bonchev–Trinajstić information content (AvgIpc) is 2.69. The van der Waals surface area contributed by atoms with Gasteiger partial charge in [0.25, 0.3) is 0 Å². The largest absolute Gasteiger partial charge is 0.447 e. The Balaban J connectivity index is 2.17. The van der Waals surface area contributed by atoms with Crippen LogP contribution in [0.15, 0.2) is 6.07 Å². The SMILES string of the molecule is O=C1NC(c2cc(C(F)(F)F)n[nH]2)CO1. The number of carbonyl (C=O) groups is 1. The first-order chi connectivity index (χ1) is 6.97. The molecule has 1 aliphatic heterocycles. The first-order valence-corrected chi connectivity index (χ1v) is 4.02. The molecule has 1 amide bonds. The summed E-state index contributed by atoms with van der Waals surface area (Å²) >= 11 is 0. The molecule has 0 radical (unpaired) electrons. The summed E-state index contributed by atoms with van der Waals surface area (Å²) in [5.41, 5.74) is -0.841. The molecule has 0 aliphatic carbocycles. The van der Waals surface area contributed by atoms with Crippen molar-refractivity contribution in [3.63, 3.8) is 0 Å². The van der Waals surface area contributed by atoms with E-state index in [1.807, 2.05) is 0 Å². The van der Waals surface area contributed by atoms with Crippen LogP contribution < -0.4 is 5.32 Å². The third-order valence-electron chi connectivity index (χ3n) is 1.94. The molecule has 1 saturated heterocycles. The van der Waals surface area contributed by atoms with Gasteiger partial charge >= 0.3 is 12.3 Å². The highest BCUT2D eigenvalue weighted by atomic mass is 19.4. The van der Waals surface area contributed by atoms with Crippen molar-refractivity contribution in [3.8, 4) is 0 Å². The molecule has 1 fully saturated rings. The maximum Gasteiger partial charge on any atom is 0.435 e. The molecule has 1 aliphatic rings. The molecule has 82 valence electrons. The molecule has 2 rings (SSSR count). The lowest BCUT2D eigenvalue weighted by atomic mass is 10.2. The number of aromatic nitrogens is 2. The smallest absolute Gasteiger partial charge is 0.435 e. The van der Waals surface area contributed by atoms with Crippen molar-refractivity contribution in [1.29, 1.82) is 0 Å². The number of rotatable bonds is 1. The molecule has 1 atom stereocenters. The molecule has 15 heavy (non-hydrogen) atoms. The van der Waals surface area contributed by atoms with Gasteiger partial charge in [-0.2, -0.15) is 18.3 Å². The first kappa shape index (κ1) is 9.81. The number of halogens is 3. The van der Waals surface area contributed by atoms with Gasteiger partial charge in [-0.15, -0.1) is 0 Å². The van der Waals surface area contributed by atoms with Gasteiger partial charge in [0, 0.05) is 0 Å². The Morgan fingerprint density at radius 2 is 2.27 bits per heavy atom. The van der Waals surface area contributed by atoms with Crippen molar-refractivity contribution in [3.05, 3.63) is 17.5 Å². The van der Waals surface area contributed by atoms with Gasteiger partial charge in [-0.25, -0.2) is 4.79 Å². The lowest BCUT2D eigenvalue weighted by Gasteiger charge is -2.02. The Morgan fingerprint density at radius 1 is 1.53 bits per heavy atom. The highest BCUT2D eigenvalue weighted by Crippen LogP contribution is 2.29. The molecular weight excluding hydrogens is 215 g/mol. The van der Waals surface area contributed by atoms with Crippen LogP contribution in [-0.2, 0) is 10.9 Å². The van der Waals surface area contributed by atoms with Crippen molar-refractivity contribution < 1.29 is 22.7 Å². The number of nitrogens with zero attached hydrogens (tertiary/aromatic N) is 1. The molecule has 5 nitrogen and oxygen atoms in total. The predicted molar refractivity (Wildman–Crippen MR) is 40.8 cm³/mol. The van der Waals surface area contributed by atoms with Crippen LogP contribution in [-0.4, -0.2) is 22.9 Å². The molecule has 0 bridgehead atoms. The van der Waals surface area contributed by atoms with E-state index in [-0.39, 0.29) is 12.3 Å². The minimum absolute atomic E-state index is 0.00166. The van der Waals surface area contributed by atoms with Gasteiger partial charge in [0.1, 0.15) is 12.6 Å². The minimum Gasteiger partial charge on any atom is -0.447 e. The number of hydrogen-bond donors (Lipinski definition) is 2. The van der Waals surface area contributed by atoms with Crippen molar-refractivity contribution in [2.45, 2.75) is 12.2 Å². The number of cyclic esters (lactones) is 1. The highest BCUT2D eigenvalue weighted by Gasteiger charge is 2.35. The molecule has 8 heteroatoms. The monoisotopic (exact) mass is 221 g/mol. The normalized spacial score (nSPS) is 21.3. The molecule has 2 N–H and O–H groups in total. The number of amides is 1. The second-order valence-electron chi connectivity index (χ2n) is 3.00. The van der Waals surface area contributed by atoms with Gasteiger partial charge in [-0.1, -0.05) is 0 Å². The van der Waals surface area contributed by atoms with Crippen LogP contribution in [0.25, 0.3) is 0 Å². The molecule has 0 saturated carbocycles. The second kappa shape index (κ2) is 3.14. The van der Waals surface area contributed by atoms with E-state index in [1.165, 1.54) is 0 Å². The van der Waals surface area contributed by atoms with Crippen LogP contribution in [0.2, 0.25) is 0 Å². The molecule has 1 unspecified atom stereocenters. The van der Waals surface area contributed by atoms with Crippen LogP contribution >= 0.6 is 0 Å². The molecule has 2 heterocycles. The van der Waals surface area contributed by atoms with E-state index in [0.29, 0.717) is 0 Å². The summed E-state index contributed by atoms with van der Waals surface area (Å²) in [6, 6.07) is 0.251. The molecule has 1 aromatic heterocycles. The van der Waals surface area contributed by atoms with Gasteiger partial charge in [-0.05, 0) is 6.07 Å². The quantitative estimate of drug-likeness (QED) is 0.748. The Kier molecular flexibility index (Phi) is 2.06. The Bertz CT molecular complexity index is 387. The number of H-pyrrole nitrogens is 1. The molecule has 0 aromatic carbocycles. The van der Waals surface area contributed by atoms with Gasteiger partial charge < -0.3 is 10.1 Å². The van der Waals surface area contributed by atoms with E-state index >= 15 is 0 Å². The van der Waals surface area contributed by atoms with Crippen LogP contribution in [0.5, 0.6) is 0 Å². The fraction of sp³-hybridized carbons (Fsp3) is 0.429. The summed E-state index contributed by atoms with van der Waals surface area (Å²) < 4.78 is 41.0. The van der Waals surface area contributed by atoms with E-state index in [0.717, 1.165) is 6.07 Å². The maximum atomic E-state index is 12.2. The number of hydrogen-bond acceptors (Lipinski definition) is 3. The summed E-state index contributed by atoms with van der Waals surface area (Å²) in [7, 11) is 0. The van der Waals surface area contributed by atoms with Gasteiger partial charge in [0.05, 0.1) is 5.69 Å². The van der Waals surface area contributed by atoms with Crippen LogP contribution in [0.1, 0.15) is 17.4 Å². The second-order valence-corrected chi connectivity index (χ2v) is 3.00. The average molecular weight is 221 g/mol. The van der Waals surface area contributed by atoms with Crippen LogP contribution in [0, 0.1) is 0 Å². The standard InChI is InChI=1S/C7H6F3N3O2/c8-7(9,10)5-1-3(12-13-5)4-2-15-6(14)11-4/h1,4H,2H2,(H,11,14)(H,12,13). The zero-order chi connectivity index (χ0) is 11.1. The van der Waals surface area contributed by atoms with Gasteiger partial charge in [0.2, 0.25) is 0 Å². The molecule has 0 spiro atoms. The van der Waals surface area contributed by atoms with E-state index < -0.39 is 24.0 Å². The molecular formula is C7H6F3N3O2. The summed E-state index contributed by atoms with van der Waals surface area (Å²) in [4.78, 5) is 10.6. The lowest BCUT2D eigenvalue weighted by Crippen LogP contribution is -2.18. The van der Waals surface area contributed by atoms with Gasteiger partial charge in [-0.3, -0.25) is 5.10 Å². The minimum atomic E-state index is -4.49. The summed E-state index contributed by atoms with van der Waals surface area (Å²) in [5, 5.41) is 7.65. The first-order valence-electron chi connectivity index (χ1n) is 4.02. The van der Waals surface area contributed by atoms with Crippen molar-refractivity contribution in [2.75, 3.05) is 6.61 Å².